The Morgan fingerprint density at radius 1 is 0.955 bits per heavy atom. The Bertz CT molecular complexity index is 699. The molecule has 0 bridgehead atoms. The lowest BCUT2D eigenvalue weighted by molar-refractivity contribution is -0.115. The van der Waals surface area contributed by atoms with Crippen LogP contribution in [0, 0.1) is 0 Å². The van der Waals surface area contributed by atoms with Gasteiger partial charge >= 0.3 is 6.03 Å². The maximum atomic E-state index is 12.1. The second-order valence-corrected chi connectivity index (χ2v) is 5.31. The van der Waals surface area contributed by atoms with Crippen LogP contribution in [0.15, 0.2) is 42.5 Å². The van der Waals surface area contributed by atoms with E-state index in [1.807, 2.05) is 0 Å². The average molecular weight is 338 g/mol. The molecule has 114 valence electrons. The number of carbonyl (C=O) groups is 2. The van der Waals surface area contributed by atoms with Gasteiger partial charge in [0.2, 0.25) is 5.91 Å². The predicted octanol–water partition coefficient (Wildman–Crippen LogP) is 3.67. The number of nitrogens with two attached hydrogens (primary N) is 1. The van der Waals surface area contributed by atoms with Crippen LogP contribution in [0.25, 0.3) is 0 Å². The molecule has 5 nitrogen and oxygen atoms in total. The van der Waals surface area contributed by atoms with E-state index in [1.54, 1.807) is 42.5 Å². The van der Waals surface area contributed by atoms with Crippen molar-refractivity contribution in [1.29, 1.82) is 0 Å². The summed E-state index contributed by atoms with van der Waals surface area (Å²) >= 11 is 12.1. The first kappa shape index (κ1) is 16.1. The van der Waals surface area contributed by atoms with Gasteiger partial charge in [-0.25, -0.2) is 4.79 Å². The Kier molecular flexibility index (Phi) is 5.25. The second kappa shape index (κ2) is 7.15. The molecule has 0 aliphatic heterocycles. The first-order valence-corrected chi connectivity index (χ1v) is 7.10. The molecule has 0 heterocycles. The maximum absolute atomic E-state index is 12.1. The van der Waals surface area contributed by atoms with Gasteiger partial charge in [0.15, 0.2) is 0 Å². The fourth-order valence-electron chi connectivity index (χ4n) is 1.88. The van der Waals surface area contributed by atoms with Crippen molar-refractivity contribution in [2.24, 2.45) is 5.73 Å². The van der Waals surface area contributed by atoms with E-state index in [0.717, 1.165) is 0 Å². The highest BCUT2D eigenvalue weighted by Gasteiger charge is 2.11. The summed E-state index contributed by atoms with van der Waals surface area (Å²) in [5.74, 6) is -0.272. The van der Waals surface area contributed by atoms with Crippen LogP contribution in [-0.2, 0) is 11.2 Å². The Hall–Kier alpha value is -2.24. The molecular formula is C15H13Cl2N3O2. The molecule has 2 aromatic carbocycles. The Labute approximate surface area is 137 Å². The van der Waals surface area contributed by atoms with Crippen molar-refractivity contribution in [2.45, 2.75) is 6.42 Å². The summed E-state index contributed by atoms with van der Waals surface area (Å²) in [4.78, 5) is 22.9. The molecule has 2 aromatic rings. The molecule has 0 atom stereocenters. The van der Waals surface area contributed by atoms with Crippen LogP contribution in [0.5, 0.6) is 0 Å². The Balaban J connectivity index is 2.08. The number of hydrogen-bond donors (Lipinski definition) is 3. The van der Waals surface area contributed by atoms with Gasteiger partial charge in [0.25, 0.3) is 0 Å². The monoisotopic (exact) mass is 337 g/mol. The van der Waals surface area contributed by atoms with Crippen LogP contribution in [-0.4, -0.2) is 11.9 Å². The van der Waals surface area contributed by atoms with E-state index in [-0.39, 0.29) is 12.3 Å². The van der Waals surface area contributed by atoms with E-state index in [2.05, 4.69) is 10.6 Å². The van der Waals surface area contributed by atoms with Gasteiger partial charge in [-0.05, 0) is 35.9 Å². The summed E-state index contributed by atoms with van der Waals surface area (Å²) in [6, 6.07) is 11.0. The molecule has 7 heteroatoms. The third kappa shape index (κ3) is 4.38. The number of hydrogen-bond acceptors (Lipinski definition) is 2. The van der Waals surface area contributed by atoms with Crippen LogP contribution in [0.2, 0.25) is 10.0 Å². The zero-order chi connectivity index (χ0) is 16.1. The van der Waals surface area contributed by atoms with Gasteiger partial charge in [-0.15, -0.1) is 0 Å². The van der Waals surface area contributed by atoms with Crippen molar-refractivity contribution in [3.63, 3.8) is 0 Å². The molecule has 22 heavy (non-hydrogen) atoms. The maximum Gasteiger partial charge on any atom is 0.316 e. The van der Waals surface area contributed by atoms with E-state index in [1.165, 1.54) is 0 Å². The van der Waals surface area contributed by atoms with Gasteiger partial charge in [0, 0.05) is 21.4 Å². The molecule has 0 aliphatic carbocycles. The number of anilines is 2. The minimum absolute atomic E-state index is 0.0476. The lowest BCUT2D eigenvalue weighted by atomic mass is 10.1. The number of nitrogens with one attached hydrogen (secondary N) is 2. The summed E-state index contributed by atoms with van der Waals surface area (Å²) in [6.07, 6.45) is 0.0476. The molecule has 0 aliphatic rings. The van der Waals surface area contributed by atoms with Crippen molar-refractivity contribution in [1.82, 2.24) is 0 Å². The SMILES string of the molecule is NC(=O)Nc1cccc(NC(=O)Cc2c(Cl)cccc2Cl)c1. The molecular weight excluding hydrogens is 325 g/mol. The van der Waals surface area contributed by atoms with Crippen molar-refractivity contribution in [3.8, 4) is 0 Å². The smallest absolute Gasteiger partial charge is 0.316 e. The molecule has 2 rings (SSSR count). The number of urea groups is 1. The van der Waals surface area contributed by atoms with Crippen molar-refractivity contribution < 1.29 is 9.59 Å². The molecule has 0 fully saturated rings. The normalized spacial score (nSPS) is 10.1. The standard InChI is InChI=1S/C15H13Cl2N3O2/c16-12-5-2-6-13(17)11(12)8-14(21)19-9-3-1-4-10(7-9)20-15(18)22/h1-7H,8H2,(H,19,21)(H3,18,20,22). The topological polar surface area (TPSA) is 84.2 Å². The molecule has 0 saturated heterocycles. The summed E-state index contributed by atoms with van der Waals surface area (Å²) in [6.45, 7) is 0. The zero-order valence-corrected chi connectivity index (χ0v) is 12.9. The van der Waals surface area contributed by atoms with E-state index in [4.69, 9.17) is 28.9 Å². The zero-order valence-electron chi connectivity index (χ0n) is 11.4. The van der Waals surface area contributed by atoms with Gasteiger partial charge < -0.3 is 16.4 Å². The van der Waals surface area contributed by atoms with Crippen LogP contribution in [0.1, 0.15) is 5.56 Å². The number of amides is 3. The van der Waals surface area contributed by atoms with Crippen LogP contribution >= 0.6 is 23.2 Å². The Morgan fingerprint density at radius 2 is 1.50 bits per heavy atom. The lowest BCUT2D eigenvalue weighted by Crippen LogP contribution is -2.19. The van der Waals surface area contributed by atoms with Crippen LogP contribution < -0.4 is 16.4 Å². The second-order valence-electron chi connectivity index (χ2n) is 4.50. The summed E-state index contributed by atoms with van der Waals surface area (Å²) in [7, 11) is 0. The predicted molar refractivity (Wildman–Crippen MR) is 88.4 cm³/mol. The van der Waals surface area contributed by atoms with E-state index >= 15 is 0 Å². The van der Waals surface area contributed by atoms with Crippen molar-refractivity contribution >= 4 is 46.5 Å². The summed E-state index contributed by atoms with van der Waals surface area (Å²) in [5.41, 5.74) is 6.62. The number of rotatable bonds is 4. The van der Waals surface area contributed by atoms with Crippen LogP contribution in [0.4, 0.5) is 16.2 Å². The fraction of sp³-hybridized carbons (Fsp3) is 0.0667. The molecule has 0 unspecified atom stereocenters. The van der Waals surface area contributed by atoms with Crippen LogP contribution in [0.3, 0.4) is 0 Å². The molecule has 3 amide bonds. The quantitative estimate of drug-likeness (QED) is 0.795. The highest BCUT2D eigenvalue weighted by Crippen LogP contribution is 2.25. The van der Waals surface area contributed by atoms with E-state index in [0.29, 0.717) is 27.0 Å². The number of primary amides is 1. The highest BCUT2D eigenvalue weighted by atomic mass is 35.5. The number of benzene rings is 2. The van der Waals surface area contributed by atoms with E-state index in [9.17, 15) is 9.59 Å². The third-order valence-electron chi connectivity index (χ3n) is 2.81. The minimum Gasteiger partial charge on any atom is -0.351 e. The average Bonchev–Trinajstić information content (AvgIpc) is 2.42. The van der Waals surface area contributed by atoms with Gasteiger partial charge in [-0.1, -0.05) is 35.3 Å². The molecule has 0 spiro atoms. The summed E-state index contributed by atoms with van der Waals surface area (Å²) < 4.78 is 0. The Morgan fingerprint density at radius 3 is 2.09 bits per heavy atom. The fourth-order valence-corrected chi connectivity index (χ4v) is 2.41. The molecule has 0 saturated carbocycles. The van der Waals surface area contributed by atoms with Gasteiger partial charge in [-0.3, -0.25) is 4.79 Å². The minimum atomic E-state index is -0.675. The molecule has 4 N–H and O–H groups in total. The first-order valence-electron chi connectivity index (χ1n) is 6.35. The highest BCUT2D eigenvalue weighted by molar-refractivity contribution is 6.36. The largest absolute Gasteiger partial charge is 0.351 e. The number of carbonyl (C=O) groups excluding carboxylic acids is 2. The number of halogens is 2. The molecule has 0 aromatic heterocycles. The summed E-state index contributed by atoms with van der Waals surface area (Å²) in [5, 5.41) is 6.02. The van der Waals surface area contributed by atoms with E-state index < -0.39 is 6.03 Å². The third-order valence-corrected chi connectivity index (χ3v) is 3.52. The van der Waals surface area contributed by atoms with Gasteiger partial charge in [-0.2, -0.15) is 0 Å². The molecule has 0 radical (unpaired) electrons. The lowest BCUT2D eigenvalue weighted by Gasteiger charge is -2.09. The first-order chi connectivity index (χ1) is 10.5. The van der Waals surface area contributed by atoms with Crippen molar-refractivity contribution in [2.75, 3.05) is 10.6 Å². The van der Waals surface area contributed by atoms with Gasteiger partial charge in [0.05, 0.1) is 6.42 Å². The van der Waals surface area contributed by atoms with Crippen molar-refractivity contribution in [3.05, 3.63) is 58.1 Å². The van der Waals surface area contributed by atoms with Gasteiger partial charge in [0.1, 0.15) is 0 Å².